The maximum atomic E-state index is 12.6. The Morgan fingerprint density at radius 3 is 2.55 bits per heavy atom. The van der Waals surface area contributed by atoms with Crippen molar-refractivity contribution in [2.24, 2.45) is 0 Å². The van der Waals surface area contributed by atoms with Crippen LogP contribution in [-0.2, 0) is 6.54 Å². The van der Waals surface area contributed by atoms with E-state index in [0.717, 1.165) is 0 Å². The van der Waals surface area contributed by atoms with Crippen LogP contribution in [0.3, 0.4) is 0 Å². The van der Waals surface area contributed by atoms with Gasteiger partial charge in [-0.25, -0.2) is 4.98 Å². The molecule has 20 heavy (non-hydrogen) atoms. The van der Waals surface area contributed by atoms with Crippen molar-refractivity contribution in [3.8, 4) is 0 Å². The summed E-state index contributed by atoms with van der Waals surface area (Å²) in [5.41, 5.74) is 0.649. The predicted molar refractivity (Wildman–Crippen MR) is 70.1 cm³/mol. The van der Waals surface area contributed by atoms with Gasteiger partial charge in [-0.1, -0.05) is 30.3 Å². The van der Waals surface area contributed by atoms with Crippen LogP contribution in [0.25, 0.3) is 0 Å². The first kappa shape index (κ1) is 14.6. The van der Waals surface area contributed by atoms with Crippen LogP contribution in [0.4, 0.5) is 13.2 Å². The normalized spacial score (nSPS) is 13.3. The maximum absolute atomic E-state index is 12.6. The Bertz CT molecular complexity index is 494. The lowest BCUT2D eigenvalue weighted by Gasteiger charge is -2.21. The van der Waals surface area contributed by atoms with Crippen LogP contribution in [0.5, 0.6) is 0 Å². The third kappa shape index (κ3) is 4.70. The van der Waals surface area contributed by atoms with E-state index >= 15 is 0 Å². The number of aromatic nitrogens is 2. The lowest BCUT2D eigenvalue weighted by Crippen LogP contribution is -2.29. The summed E-state index contributed by atoms with van der Waals surface area (Å²) in [6.07, 6.45) is -0.000226. The number of nitrogens with one attached hydrogen (secondary N) is 1. The average Bonchev–Trinajstić information content (AvgIpc) is 2.90. The lowest BCUT2D eigenvalue weighted by molar-refractivity contribution is -0.140. The van der Waals surface area contributed by atoms with Crippen molar-refractivity contribution < 1.29 is 13.2 Å². The van der Waals surface area contributed by atoms with Gasteiger partial charge in [0.05, 0.1) is 12.7 Å². The maximum Gasteiger partial charge on any atom is 0.390 e. The molecule has 0 saturated carbocycles. The summed E-state index contributed by atoms with van der Waals surface area (Å²) in [6, 6.07) is 7.98. The van der Waals surface area contributed by atoms with Gasteiger partial charge in [0, 0.05) is 31.5 Å². The zero-order valence-electron chi connectivity index (χ0n) is 10.8. The summed E-state index contributed by atoms with van der Waals surface area (Å²) in [7, 11) is 0. The average molecular weight is 283 g/mol. The molecule has 2 aromatic rings. The van der Waals surface area contributed by atoms with E-state index < -0.39 is 18.6 Å². The molecule has 0 spiro atoms. The molecule has 108 valence electrons. The largest absolute Gasteiger partial charge is 0.390 e. The van der Waals surface area contributed by atoms with Crippen LogP contribution >= 0.6 is 0 Å². The number of rotatable bonds is 6. The molecule has 2 rings (SSSR count). The molecule has 0 radical (unpaired) electrons. The van der Waals surface area contributed by atoms with Crippen molar-refractivity contribution in [2.45, 2.75) is 25.2 Å². The van der Waals surface area contributed by atoms with Crippen LogP contribution in [0.1, 0.15) is 18.0 Å². The number of benzene rings is 1. The molecule has 0 saturated heterocycles. The number of hydrogen-bond acceptors (Lipinski definition) is 2. The monoisotopic (exact) mass is 283 g/mol. The summed E-state index contributed by atoms with van der Waals surface area (Å²) < 4.78 is 39.7. The van der Waals surface area contributed by atoms with Gasteiger partial charge >= 0.3 is 6.18 Å². The van der Waals surface area contributed by atoms with E-state index in [-0.39, 0.29) is 0 Å². The number of imidazole rings is 1. The molecule has 1 atom stereocenters. The van der Waals surface area contributed by atoms with Gasteiger partial charge in [-0.05, 0) is 5.56 Å². The standard InChI is InChI=1S/C14H16F3N3/c15-14(16,17)10-13(12-4-2-1-3-5-12)19-7-9-20-8-6-18-11-20/h1-6,8,11,13,19H,7,9-10H2. The molecule has 0 amide bonds. The molecule has 0 aliphatic rings. The second-order valence-corrected chi connectivity index (χ2v) is 4.54. The van der Waals surface area contributed by atoms with Crippen molar-refractivity contribution in [3.05, 3.63) is 54.6 Å². The van der Waals surface area contributed by atoms with Gasteiger partial charge in [0.2, 0.25) is 0 Å². The topological polar surface area (TPSA) is 29.9 Å². The highest BCUT2D eigenvalue weighted by Gasteiger charge is 2.32. The van der Waals surface area contributed by atoms with E-state index in [1.54, 1.807) is 49.1 Å². The van der Waals surface area contributed by atoms with Crippen LogP contribution in [0, 0.1) is 0 Å². The molecular weight excluding hydrogens is 267 g/mol. The fourth-order valence-electron chi connectivity index (χ4n) is 2.01. The van der Waals surface area contributed by atoms with Crippen LogP contribution < -0.4 is 5.32 Å². The fraction of sp³-hybridized carbons (Fsp3) is 0.357. The Balaban J connectivity index is 1.96. The van der Waals surface area contributed by atoms with E-state index in [2.05, 4.69) is 10.3 Å². The lowest BCUT2D eigenvalue weighted by atomic mass is 10.0. The van der Waals surface area contributed by atoms with Crippen LogP contribution in [-0.4, -0.2) is 22.3 Å². The minimum Gasteiger partial charge on any atom is -0.336 e. The Morgan fingerprint density at radius 1 is 1.20 bits per heavy atom. The quantitative estimate of drug-likeness (QED) is 0.882. The fourth-order valence-corrected chi connectivity index (χ4v) is 2.01. The van der Waals surface area contributed by atoms with Gasteiger partial charge < -0.3 is 9.88 Å². The SMILES string of the molecule is FC(F)(F)CC(NCCn1ccnc1)c1ccccc1. The van der Waals surface area contributed by atoms with Gasteiger partial charge in [0.15, 0.2) is 0 Å². The number of alkyl halides is 3. The summed E-state index contributed by atoms with van der Waals surface area (Å²) in [5, 5.41) is 2.96. The van der Waals surface area contributed by atoms with E-state index in [1.807, 2.05) is 4.57 Å². The Kier molecular flexibility index (Phi) is 4.79. The smallest absolute Gasteiger partial charge is 0.336 e. The van der Waals surface area contributed by atoms with Gasteiger partial charge in [0.1, 0.15) is 0 Å². The van der Waals surface area contributed by atoms with Crippen molar-refractivity contribution in [1.29, 1.82) is 0 Å². The van der Waals surface area contributed by atoms with E-state index in [1.165, 1.54) is 0 Å². The summed E-state index contributed by atoms with van der Waals surface area (Å²) in [6.45, 7) is 1.03. The molecule has 1 aromatic carbocycles. The Morgan fingerprint density at radius 2 is 1.95 bits per heavy atom. The first-order chi connectivity index (χ1) is 9.54. The zero-order valence-corrected chi connectivity index (χ0v) is 10.8. The van der Waals surface area contributed by atoms with Gasteiger partial charge in [-0.15, -0.1) is 0 Å². The predicted octanol–water partition coefficient (Wildman–Crippen LogP) is 3.17. The molecule has 0 bridgehead atoms. The summed E-state index contributed by atoms with van der Waals surface area (Å²) in [4.78, 5) is 3.89. The number of nitrogens with zero attached hydrogens (tertiary/aromatic N) is 2. The third-order valence-corrected chi connectivity index (χ3v) is 2.96. The molecule has 0 aliphatic heterocycles. The van der Waals surface area contributed by atoms with E-state index in [9.17, 15) is 13.2 Å². The molecule has 0 aliphatic carbocycles. The van der Waals surface area contributed by atoms with E-state index in [4.69, 9.17) is 0 Å². The zero-order chi connectivity index (χ0) is 14.4. The third-order valence-electron chi connectivity index (χ3n) is 2.96. The minimum atomic E-state index is -4.19. The second-order valence-electron chi connectivity index (χ2n) is 4.54. The summed E-state index contributed by atoms with van der Waals surface area (Å²) >= 11 is 0. The van der Waals surface area contributed by atoms with Crippen LogP contribution in [0.15, 0.2) is 49.1 Å². The van der Waals surface area contributed by atoms with Crippen molar-refractivity contribution >= 4 is 0 Å². The van der Waals surface area contributed by atoms with Crippen molar-refractivity contribution in [3.63, 3.8) is 0 Å². The molecule has 1 heterocycles. The Labute approximate surface area is 115 Å². The van der Waals surface area contributed by atoms with Crippen molar-refractivity contribution in [2.75, 3.05) is 6.54 Å². The van der Waals surface area contributed by atoms with E-state index in [0.29, 0.717) is 18.7 Å². The molecule has 1 aromatic heterocycles. The first-order valence-electron chi connectivity index (χ1n) is 6.35. The molecule has 3 nitrogen and oxygen atoms in total. The van der Waals surface area contributed by atoms with Gasteiger partial charge in [0.25, 0.3) is 0 Å². The van der Waals surface area contributed by atoms with Gasteiger partial charge in [-0.3, -0.25) is 0 Å². The van der Waals surface area contributed by atoms with Gasteiger partial charge in [-0.2, -0.15) is 13.2 Å². The number of halogens is 3. The molecule has 6 heteroatoms. The molecule has 1 unspecified atom stereocenters. The highest BCUT2D eigenvalue weighted by atomic mass is 19.4. The minimum absolute atomic E-state index is 0.450. The van der Waals surface area contributed by atoms with Crippen LogP contribution in [0.2, 0.25) is 0 Å². The van der Waals surface area contributed by atoms with Crippen molar-refractivity contribution in [1.82, 2.24) is 14.9 Å². The highest BCUT2D eigenvalue weighted by molar-refractivity contribution is 5.19. The molecular formula is C14H16F3N3. The molecule has 1 N–H and O–H groups in total. The summed E-state index contributed by atoms with van der Waals surface area (Å²) in [5.74, 6) is 0. The Hall–Kier alpha value is -1.82. The second kappa shape index (κ2) is 6.56. The number of hydrogen-bond donors (Lipinski definition) is 1. The first-order valence-corrected chi connectivity index (χ1v) is 6.35. The molecule has 0 fully saturated rings. The highest BCUT2D eigenvalue weighted by Crippen LogP contribution is 2.29.